The van der Waals surface area contributed by atoms with Crippen LogP contribution in [0.3, 0.4) is 0 Å². The molecule has 1 atom stereocenters. The van der Waals surface area contributed by atoms with Crippen LogP contribution >= 0.6 is 0 Å². The molecule has 0 unspecified atom stereocenters. The van der Waals surface area contributed by atoms with Crippen molar-refractivity contribution in [2.75, 3.05) is 24.5 Å². The van der Waals surface area contributed by atoms with E-state index in [9.17, 15) is 4.79 Å². The standard InChI is InChI=1S/C18H25N5O/c1-4-22(5-2)17-9-8-14(11-19-17)18(24)23-10-6-7-16(23)15-12-20-21(3)13-15/h8-9,11-13,16H,4-7,10H2,1-3H3/t16-/m0/s1. The van der Waals surface area contributed by atoms with Crippen LogP contribution in [0.4, 0.5) is 5.82 Å². The third kappa shape index (κ3) is 3.13. The number of likely N-dealkylation sites (tertiary alicyclic amines) is 1. The molecule has 1 amide bonds. The van der Waals surface area contributed by atoms with Crippen molar-refractivity contribution in [3.8, 4) is 0 Å². The number of rotatable bonds is 5. The fourth-order valence-corrected chi connectivity index (χ4v) is 3.38. The van der Waals surface area contributed by atoms with E-state index in [1.807, 2.05) is 36.5 Å². The average molecular weight is 327 g/mol. The first-order valence-corrected chi connectivity index (χ1v) is 8.64. The zero-order valence-electron chi connectivity index (χ0n) is 14.6. The third-order valence-electron chi connectivity index (χ3n) is 4.71. The van der Waals surface area contributed by atoms with Crippen molar-refractivity contribution in [3.63, 3.8) is 0 Å². The highest BCUT2D eigenvalue weighted by Crippen LogP contribution is 2.32. The summed E-state index contributed by atoms with van der Waals surface area (Å²) >= 11 is 0. The van der Waals surface area contributed by atoms with Gasteiger partial charge in [0.15, 0.2) is 0 Å². The predicted molar refractivity (Wildman–Crippen MR) is 94.0 cm³/mol. The van der Waals surface area contributed by atoms with Crippen molar-refractivity contribution in [3.05, 3.63) is 41.9 Å². The number of carbonyl (C=O) groups excluding carboxylic acids is 1. The van der Waals surface area contributed by atoms with E-state index in [-0.39, 0.29) is 11.9 Å². The Bertz CT molecular complexity index is 690. The van der Waals surface area contributed by atoms with Crippen LogP contribution < -0.4 is 4.90 Å². The Morgan fingerprint density at radius 2 is 2.08 bits per heavy atom. The summed E-state index contributed by atoms with van der Waals surface area (Å²) in [4.78, 5) is 21.5. The Morgan fingerprint density at radius 1 is 1.29 bits per heavy atom. The summed E-state index contributed by atoms with van der Waals surface area (Å²) in [7, 11) is 1.90. The number of nitrogens with zero attached hydrogens (tertiary/aromatic N) is 5. The molecule has 6 heteroatoms. The first kappa shape index (κ1) is 16.5. The summed E-state index contributed by atoms with van der Waals surface area (Å²) in [5.74, 6) is 0.974. The molecule has 128 valence electrons. The highest BCUT2D eigenvalue weighted by molar-refractivity contribution is 5.94. The number of hydrogen-bond acceptors (Lipinski definition) is 4. The SMILES string of the molecule is CCN(CC)c1ccc(C(=O)N2CCC[C@H]2c2cnn(C)c2)cn1. The molecule has 0 N–H and O–H groups in total. The van der Waals surface area contributed by atoms with Crippen LogP contribution in [0, 0.1) is 0 Å². The number of anilines is 1. The van der Waals surface area contributed by atoms with E-state index in [1.165, 1.54) is 0 Å². The van der Waals surface area contributed by atoms with Crippen LogP contribution in [0.25, 0.3) is 0 Å². The Balaban J connectivity index is 1.78. The van der Waals surface area contributed by atoms with Gasteiger partial charge in [-0.1, -0.05) is 0 Å². The Kier molecular flexibility index (Phi) is 4.83. The zero-order valence-corrected chi connectivity index (χ0v) is 14.6. The van der Waals surface area contributed by atoms with Crippen LogP contribution in [-0.4, -0.2) is 45.2 Å². The van der Waals surface area contributed by atoms with E-state index in [4.69, 9.17) is 0 Å². The van der Waals surface area contributed by atoms with Gasteiger partial charge >= 0.3 is 0 Å². The maximum Gasteiger partial charge on any atom is 0.255 e. The fraction of sp³-hybridized carbons (Fsp3) is 0.500. The lowest BCUT2D eigenvalue weighted by Gasteiger charge is -2.24. The molecule has 0 aliphatic carbocycles. The van der Waals surface area contributed by atoms with Gasteiger partial charge in [-0.15, -0.1) is 0 Å². The number of carbonyl (C=O) groups is 1. The number of aryl methyl sites for hydroxylation is 1. The molecule has 1 aliphatic rings. The Hall–Kier alpha value is -2.37. The molecule has 3 rings (SSSR count). The molecule has 24 heavy (non-hydrogen) atoms. The molecule has 2 aromatic rings. The van der Waals surface area contributed by atoms with E-state index in [2.05, 4.69) is 28.8 Å². The van der Waals surface area contributed by atoms with Gasteiger partial charge in [-0.2, -0.15) is 5.10 Å². The average Bonchev–Trinajstić information content (AvgIpc) is 3.24. The van der Waals surface area contributed by atoms with Gasteiger partial charge in [-0.3, -0.25) is 9.48 Å². The van der Waals surface area contributed by atoms with Crippen molar-refractivity contribution < 1.29 is 4.79 Å². The van der Waals surface area contributed by atoms with E-state index in [0.717, 1.165) is 43.9 Å². The van der Waals surface area contributed by atoms with Crippen molar-refractivity contribution in [1.82, 2.24) is 19.7 Å². The molecule has 1 fully saturated rings. The van der Waals surface area contributed by atoms with Gasteiger partial charge in [-0.05, 0) is 38.8 Å². The molecule has 0 bridgehead atoms. The van der Waals surface area contributed by atoms with Crippen molar-refractivity contribution in [1.29, 1.82) is 0 Å². The molecule has 1 aliphatic heterocycles. The lowest BCUT2D eigenvalue weighted by Crippen LogP contribution is -2.30. The van der Waals surface area contributed by atoms with Gasteiger partial charge in [0, 0.05) is 44.6 Å². The van der Waals surface area contributed by atoms with Crippen LogP contribution in [0.2, 0.25) is 0 Å². The van der Waals surface area contributed by atoms with E-state index >= 15 is 0 Å². The summed E-state index contributed by atoms with van der Waals surface area (Å²) < 4.78 is 1.79. The molecule has 1 saturated heterocycles. The molecule has 0 spiro atoms. The van der Waals surface area contributed by atoms with Crippen LogP contribution in [-0.2, 0) is 7.05 Å². The summed E-state index contributed by atoms with van der Waals surface area (Å²) in [6.07, 6.45) is 7.57. The maximum atomic E-state index is 12.9. The number of hydrogen-bond donors (Lipinski definition) is 0. The summed E-state index contributed by atoms with van der Waals surface area (Å²) in [6, 6.07) is 3.95. The normalized spacial score (nSPS) is 17.3. The highest BCUT2D eigenvalue weighted by Gasteiger charge is 2.31. The minimum atomic E-state index is 0.0555. The van der Waals surface area contributed by atoms with Gasteiger partial charge in [0.25, 0.3) is 5.91 Å². The maximum absolute atomic E-state index is 12.9. The van der Waals surface area contributed by atoms with Crippen LogP contribution in [0.5, 0.6) is 0 Å². The highest BCUT2D eigenvalue weighted by atomic mass is 16.2. The number of pyridine rings is 1. The van der Waals surface area contributed by atoms with E-state index in [0.29, 0.717) is 5.56 Å². The third-order valence-corrected chi connectivity index (χ3v) is 4.71. The van der Waals surface area contributed by atoms with Gasteiger partial charge in [0.2, 0.25) is 0 Å². The van der Waals surface area contributed by atoms with E-state index < -0.39 is 0 Å². The molecule has 2 aromatic heterocycles. The van der Waals surface area contributed by atoms with Gasteiger partial charge in [0.05, 0.1) is 17.8 Å². The topological polar surface area (TPSA) is 54.3 Å². The largest absolute Gasteiger partial charge is 0.357 e. The van der Waals surface area contributed by atoms with Gasteiger partial charge < -0.3 is 9.80 Å². The zero-order chi connectivity index (χ0) is 17.1. The molecule has 0 saturated carbocycles. The van der Waals surface area contributed by atoms with Crippen molar-refractivity contribution >= 4 is 11.7 Å². The Morgan fingerprint density at radius 3 is 2.67 bits per heavy atom. The monoisotopic (exact) mass is 327 g/mol. The molecular formula is C18H25N5O. The second-order valence-corrected chi connectivity index (χ2v) is 6.18. The first-order valence-electron chi connectivity index (χ1n) is 8.64. The van der Waals surface area contributed by atoms with Crippen LogP contribution in [0.15, 0.2) is 30.7 Å². The van der Waals surface area contributed by atoms with Crippen molar-refractivity contribution in [2.24, 2.45) is 7.05 Å². The minimum absolute atomic E-state index is 0.0555. The first-order chi connectivity index (χ1) is 11.6. The minimum Gasteiger partial charge on any atom is -0.357 e. The lowest BCUT2D eigenvalue weighted by atomic mass is 10.1. The summed E-state index contributed by atoms with van der Waals surface area (Å²) in [5, 5.41) is 4.24. The second-order valence-electron chi connectivity index (χ2n) is 6.18. The van der Waals surface area contributed by atoms with Crippen molar-refractivity contribution in [2.45, 2.75) is 32.7 Å². The molecule has 3 heterocycles. The molecule has 0 aromatic carbocycles. The van der Waals surface area contributed by atoms with Crippen LogP contribution in [0.1, 0.15) is 48.7 Å². The quantitative estimate of drug-likeness (QED) is 0.847. The molecule has 6 nitrogen and oxygen atoms in total. The number of amides is 1. The van der Waals surface area contributed by atoms with E-state index in [1.54, 1.807) is 10.9 Å². The lowest BCUT2D eigenvalue weighted by molar-refractivity contribution is 0.0735. The summed E-state index contributed by atoms with van der Waals surface area (Å²) in [6.45, 7) is 6.81. The predicted octanol–water partition coefficient (Wildman–Crippen LogP) is 2.64. The Labute approximate surface area is 143 Å². The summed E-state index contributed by atoms with van der Waals surface area (Å²) in [5.41, 5.74) is 1.76. The second kappa shape index (κ2) is 7.03. The smallest absolute Gasteiger partial charge is 0.255 e. The van der Waals surface area contributed by atoms with Gasteiger partial charge in [-0.25, -0.2) is 4.98 Å². The molecule has 0 radical (unpaired) electrons. The number of aromatic nitrogens is 3. The molecular weight excluding hydrogens is 302 g/mol. The fourth-order valence-electron chi connectivity index (χ4n) is 3.38. The van der Waals surface area contributed by atoms with Gasteiger partial charge in [0.1, 0.15) is 5.82 Å².